The summed E-state index contributed by atoms with van der Waals surface area (Å²) >= 11 is 0. The number of amides is 2. The van der Waals surface area contributed by atoms with Gasteiger partial charge in [-0.1, -0.05) is 0 Å². The van der Waals surface area contributed by atoms with Crippen molar-refractivity contribution in [3.8, 4) is 5.75 Å². The standard InChI is InChI=1S/C21H27N3O5S/c1-29-17-4-3-15-10-19(22-18(15)11-17)21(26)23-7-5-16(6-8-23)24-12-14(9-20(24)25)13-30(2,27)28/h3-4,10-11,14,16,22H,5-9,12-13H2,1-2H3. The minimum atomic E-state index is -3.09. The molecule has 2 aliphatic rings. The highest BCUT2D eigenvalue weighted by atomic mass is 32.2. The first-order valence-electron chi connectivity index (χ1n) is 10.2. The van der Waals surface area contributed by atoms with E-state index in [1.165, 1.54) is 6.26 Å². The summed E-state index contributed by atoms with van der Waals surface area (Å²) in [6.45, 7) is 1.64. The lowest BCUT2D eigenvalue weighted by Crippen LogP contribution is -2.47. The van der Waals surface area contributed by atoms with Crippen molar-refractivity contribution in [2.75, 3.05) is 38.8 Å². The Bertz CT molecular complexity index is 1070. The van der Waals surface area contributed by atoms with Crippen LogP contribution in [0.3, 0.4) is 0 Å². The zero-order valence-corrected chi connectivity index (χ0v) is 18.1. The molecule has 0 radical (unpaired) electrons. The number of hydrogen-bond acceptors (Lipinski definition) is 5. The second-order valence-corrected chi connectivity index (χ2v) is 10.6. The summed E-state index contributed by atoms with van der Waals surface area (Å²) in [5.74, 6) is 0.631. The topological polar surface area (TPSA) is 99.8 Å². The molecular weight excluding hydrogens is 406 g/mol. The maximum Gasteiger partial charge on any atom is 0.270 e. The molecular formula is C21H27N3O5S. The minimum Gasteiger partial charge on any atom is -0.497 e. The molecule has 0 saturated carbocycles. The summed E-state index contributed by atoms with van der Waals surface area (Å²) in [4.78, 5) is 32.1. The largest absolute Gasteiger partial charge is 0.497 e. The van der Waals surface area contributed by atoms with Gasteiger partial charge in [-0.15, -0.1) is 0 Å². The van der Waals surface area contributed by atoms with Crippen molar-refractivity contribution in [2.24, 2.45) is 5.92 Å². The number of carbonyl (C=O) groups excluding carboxylic acids is 2. The van der Waals surface area contributed by atoms with Crippen LogP contribution < -0.4 is 4.74 Å². The summed E-state index contributed by atoms with van der Waals surface area (Å²) in [6.07, 6.45) is 2.92. The first kappa shape index (κ1) is 20.7. The summed E-state index contributed by atoms with van der Waals surface area (Å²) in [7, 11) is -1.49. The smallest absolute Gasteiger partial charge is 0.270 e. The normalized spacial score (nSPS) is 20.9. The van der Waals surface area contributed by atoms with E-state index in [1.807, 2.05) is 34.1 Å². The molecule has 0 aliphatic carbocycles. The molecule has 2 amide bonds. The number of aromatic nitrogens is 1. The van der Waals surface area contributed by atoms with E-state index >= 15 is 0 Å². The van der Waals surface area contributed by atoms with E-state index < -0.39 is 9.84 Å². The molecule has 2 aliphatic heterocycles. The molecule has 0 spiro atoms. The van der Waals surface area contributed by atoms with Crippen LogP contribution in [0.4, 0.5) is 0 Å². The van der Waals surface area contributed by atoms with Gasteiger partial charge < -0.3 is 19.5 Å². The average molecular weight is 434 g/mol. The Morgan fingerprint density at radius 2 is 1.97 bits per heavy atom. The molecule has 3 heterocycles. The Balaban J connectivity index is 1.37. The van der Waals surface area contributed by atoms with E-state index in [-0.39, 0.29) is 29.5 Å². The van der Waals surface area contributed by atoms with Gasteiger partial charge in [0.1, 0.15) is 21.3 Å². The molecule has 2 saturated heterocycles. The van der Waals surface area contributed by atoms with Crippen LogP contribution in [-0.4, -0.2) is 79.8 Å². The fourth-order valence-electron chi connectivity index (χ4n) is 4.60. The highest BCUT2D eigenvalue weighted by molar-refractivity contribution is 7.90. The number of benzene rings is 1. The average Bonchev–Trinajstić information content (AvgIpc) is 3.28. The number of ether oxygens (including phenoxy) is 1. The van der Waals surface area contributed by atoms with Crippen molar-refractivity contribution in [3.05, 3.63) is 30.0 Å². The van der Waals surface area contributed by atoms with Crippen LogP contribution in [-0.2, 0) is 14.6 Å². The van der Waals surface area contributed by atoms with E-state index in [0.29, 0.717) is 44.6 Å². The minimum absolute atomic E-state index is 0.0259. The predicted molar refractivity (Wildman–Crippen MR) is 113 cm³/mol. The molecule has 1 aromatic carbocycles. The van der Waals surface area contributed by atoms with Crippen molar-refractivity contribution in [1.82, 2.24) is 14.8 Å². The van der Waals surface area contributed by atoms with Gasteiger partial charge in [-0.25, -0.2) is 8.42 Å². The number of methoxy groups -OCH3 is 1. The molecule has 0 bridgehead atoms. The van der Waals surface area contributed by atoms with E-state index in [4.69, 9.17) is 4.74 Å². The third-order valence-electron chi connectivity index (χ3n) is 6.03. The lowest BCUT2D eigenvalue weighted by Gasteiger charge is -2.36. The van der Waals surface area contributed by atoms with Gasteiger partial charge in [-0.05, 0) is 37.0 Å². The van der Waals surface area contributed by atoms with Crippen LogP contribution in [0.5, 0.6) is 5.75 Å². The maximum atomic E-state index is 12.9. The molecule has 30 heavy (non-hydrogen) atoms. The van der Waals surface area contributed by atoms with Crippen LogP contribution in [0.25, 0.3) is 10.9 Å². The molecule has 162 valence electrons. The van der Waals surface area contributed by atoms with Crippen LogP contribution in [0, 0.1) is 5.92 Å². The number of H-pyrrole nitrogens is 1. The SMILES string of the molecule is COc1ccc2cc(C(=O)N3CCC(N4CC(CS(C)(=O)=O)CC4=O)CC3)[nH]c2c1. The summed E-state index contributed by atoms with van der Waals surface area (Å²) < 4.78 is 28.3. The molecule has 4 rings (SSSR count). The van der Waals surface area contributed by atoms with Crippen molar-refractivity contribution in [2.45, 2.75) is 25.3 Å². The van der Waals surface area contributed by atoms with E-state index in [2.05, 4.69) is 4.98 Å². The molecule has 2 aromatic rings. The summed E-state index contributed by atoms with van der Waals surface area (Å²) in [5.41, 5.74) is 1.40. The Hall–Kier alpha value is -2.55. The predicted octanol–water partition coefficient (Wildman–Crippen LogP) is 1.67. The zero-order chi connectivity index (χ0) is 21.5. The Morgan fingerprint density at radius 3 is 2.63 bits per heavy atom. The number of carbonyl (C=O) groups is 2. The number of fused-ring (bicyclic) bond motifs is 1. The van der Waals surface area contributed by atoms with Gasteiger partial charge in [-0.3, -0.25) is 9.59 Å². The van der Waals surface area contributed by atoms with Gasteiger partial charge in [0.05, 0.1) is 12.9 Å². The molecule has 8 nitrogen and oxygen atoms in total. The number of sulfone groups is 1. The van der Waals surface area contributed by atoms with Crippen molar-refractivity contribution in [1.29, 1.82) is 0 Å². The zero-order valence-electron chi connectivity index (χ0n) is 17.3. The quantitative estimate of drug-likeness (QED) is 0.773. The Morgan fingerprint density at radius 1 is 1.23 bits per heavy atom. The number of aromatic amines is 1. The van der Waals surface area contributed by atoms with Crippen molar-refractivity contribution in [3.63, 3.8) is 0 Å². The maximum absolute atomic E-state index is 12.9. The summed E-state index contributed by atoms with van der Waals surface area (Å²) in [6, 6.07) is 7.56. The highest BCUT2D eigenvalue weighted by Crippen LogP contribution is 2.27. The van der Waals surface area contributed by atoms with Crippen molar-refractivity contribution >= 4 is 32.6 Å². The van der Waals surface area contributed by atoms with Gasteiger partial charge in [0.2, 0.25) is 5.91 Å². The number of hydrogen-bond donors (Lipinski definition) is 1. The third-order valence-corrected chi connectivity index (χ3v) is 7.11. The number of nitrogens with zero attached hydrogens (tertiary/aromatic N) is 2. The van der Waals surface area contributed by atoms with Crippen LogP contribution in [0.15, 0.2) is 24.3 Å². The van der Waals surface area contributed by atoms with Gasteiger partial charge in [-0.2, -0.15) is 0 Å². The second-order valence-electron chi connectivity index (χ2n) is 8.37. The van der Waals surface area contributed by atoms with Gasteiger partial charge in [0.25, 0.3) is 5.91 Å². The molecule has 1 N–H and O–H groups in total. The van der Waals surface area contributed by atoms with E-state index in [0.717, 1.165) is 16.7 Å². The lowest BCUT2D eigenvalue weighted by molar-refractivity contribution is -0.130. The molecule has 1 aromatic heterocycles. The number of likely N-dealkylation sites (tertiary alicyclic amines) is 2. The fourth-order valence-corrected chi connectivity index (χ4v) is 5.68. The molecule has 2 fully saturated rings. The number of nitrogens with one attached hydrogen (secondary N) is 1. The van der Waals surface area contributed by atoms with E-state index in [9.17, 15) is 18.0 Å². The first-order chi connectivity index (χ1) is 14.2. The van der Waals surface area contributed by atoms with Crippen molar-refractivity contribution < 1.29 is 22.7 Å². The van der Waals surface area contributed by atoms with Crippen LogP contribution in [0.1, 0.15) is 29.8 Å². The Labute approximate surface area is 176 Å². The van der Waals surface area contributed by atoms with Crippen LogP contribution in [0.2, 0.25) is 0 Å². The Kier molecular flexibility index (Phi) is 5.48. The van der Waals surface area contributed by atoms with Gasteiger partial charge >= 0.3 is 0 Å². The lowest BCUT2D eigenvalue weighted by atomic mass is 10.0. The molecule has 1 unspecified atom stereocenters. The third kappa shape index (κ3) is 4.30. The van der Waals surface area contributed by atoms with Gasteiger partial charge in [0.15, 0.2) is 0 Å². The fraction of sp³-hybridized carbons (Fsp3) is 0.524. The van der Waals surface area contributed by atoms with Gasteiger partial charge in [0, 0.05) is 55.3 Å². The van der Waals surface area contributed by atoms with E-state index in [1.54, 1.807) is 7.11 Å². The summed E-state index contributed by atoms with van der Waals surface area (Å²) in [5, 5.41) is 0.952. The number of rotatable bonds is 5. The molecule has 1 atom stereocenters. The highest BCUT2D eigenvalue weighted by Gasteiger charge is 2.37. The number of piperidine rings is 1. The molecule has 9 heteroatoms. The first-order valence-corrected chi connectivity index (χ1v) is 12.2. The van der Waals surface area contributed by atoms with Crippen LogP contribution >= 0.6 is 0 Å². The second kappa shape index (κ2) is 7.94. The monoisotopic (exact) mass is 433 g/mol.